The van der Waals surface area contributed by atoms with Gasteiger partial charge in [-0.25, -0.2) is 0 Å². The molecule has 1 atom stereocenters. The van der Waals surface area contributed by atoms with Crippen molar-refractivity contribution >= 4 is 0 Å². The molecule has 114 valence electrons. The summed E-state index contributed by atoms with van der Waals surface area (Å²) in [6, 6.07) is 11.0. The summed E-state index contributed by atoms with van der Waals surface area (Å²) < 4.78 is 0. The molecule has 0 saturated carbocycles. The zero-order valence-electron chi connectivity index (χ0n) is 13.9. The maximum Gasteiger partial charge on any atom is -0.0250 e. The average molecular weight is 274 g/mol. The second-order valence-electron chi connectivity index (χ2n) is 5.60. The van der Waals surface area contributed by atoms with Crippen molar-refractivity contribution in [2.75, 3.05) is 0 Å². The molecule has 20 heavy (non-hydrogen) atoms. The highest BCUT2D eigenvalue weighted by Gasteiger charge is 2.08. The smallest absolute Gasteiger partial charge is 0.0250 e. The number of allylic oxidation sites excluding steroid dienone is 1. The quantitative estimate of drug-likeness (QED) is 0.343. The van der Waals surface area contributed by atoms with Gasteiger partial charge in [0.2, 0.25) is 0 Å². The lowest BCUT2D eigenvalue weighted by molar-refractivity contribution is 0.412. The van der Waals surface area contributed by atoms with Crippen LogP contribution in [0.3, 0.4) is 0 Å². The van der Waals surface area contributed by atoms with E-state index in [1.165, 1.54) is 56.9 Å². The largest absolute Gasteiger partial charge is 0.103 e. The third-order valence-electron chi connectivity index (χ3n) is 3.55. The van der Waals surface area contributed by atoms with Gasteiger partial charge in [0.25, 0.3) is 0 Å². The minimum atomic E-state index is 0.906. The van der Waals surface area contributed by atoms with Gasteiger partial charge in [0, 0.05) is 0 Å². The van der Waals surface area contributed by atoms with Crippen molar-refractivity contribution in [2.45, 2.75) is 72.1 Å². The molecule has 0 saturated heterocycles. The zero-order chi connectivity index (χ0) is 15.1. The van der Waals surface area contributed by atoms with Crippen LogP contribution in [-0.2, 0) is 6.42 Å². The van der Waals surface area contributed by atoms with Gasteiger partial charge in [0.05, 0.1) is 0 Å². The molecular formula is C20H34. The van der Waals surface area contributed by atoms with Gasteiger partial charge in [0.1, 0.15) is 0 Å². The van der Waals surface area contributed by atoms with Crippen LogP contribution in [0.2, 0.25) is 0 Å². The first kappa shape index (κ1) is 19.0. The molecule has 0 spiro atoms. The molecule has 1 aromatic rings. The predicted molar refractivity (Wildman–Crippen MR) is 93.2 cm³/mol. The average Bonchev–Trinajstić information content (AvgIpc) is 2.47. The summed E-state index contributed by atoms with van der Waals surface area (Å²) in [6.07, 6.45) is 12.7. The monoisotopic (exact) mass is 274 g/mol. The highest BCUT2D eigenvalue weighted by Crippen LogP contribution is 2.21. The van der Waals surface area contributed by atoms with E-state index < -0.39 is 0 Å². The van der Waals surface area contributed by atoms with Gasteiger partial charge in [-0.15, -0.1) is 6.58 Å². The van der Waals surface area contributed by atoms with Crippen molar-refractivity contribution in [3.05, 3.63) is 48.6 Å². The van der Waals surface area contributed by atoms with Gasteiger partial charge in [0.15, 0.2) is 0 Å². The zero-order valence-corrected chi connectivity index (χ0v) is 13.9. The molecule has 0 amide bonds. The van der Waals surface area contributed by atoms with Crippen molar-refractivity contribution in [2.24, 2.45) is 5.92 Å². The van der Waals surface area contributed by atoms with Crippen LogP contribution in [0.5, 0.6) is 0 Å². The number of benzene rings is 1. The van der Waals surface area contributed by atoms with E-state index >= 15 is 0 Å². The Labute approximate surface area is 127 Å². The Hall–Kier alpha value is -1.04. The summed E-state index contributed by atoms with van der Waals surface area (Å²) in [6.45, 7) is 9.84. The predicted octanol–water partition coefficient (Wildman–Crippen LogP) is 6.81. The van der Waals surface area contributed by atoms with Crippen LogP contribution < -0.4 is 0 Å². The Morgan fingerprint density at radius 2 is 1.50 bits per heavy atom. The first-order valence-electron chi connectivity index (χ1n) is 8.39. The molecule has 1 rings (SSSR count). The second kappa shape index (κ2) is 14.4. The van der Waals surface area contributed by atoms with Crippen LogP contribution in [0.15, 0.2) is 43.0 Å². The lowest BCUT2D eigenvalue weighted by Crippen LogP contribution is -2.05. The standard InChI is InChI=1S/C17H28.C3H6/c1-3-5-8-12-16(11-6-4-2)15-17-13-9-7-10-14-17;1-3-2/h7,9-10,13-14,16H,3-6,8,11-12,15H2,1-2H3;3H,1H2,2H3. The molecule has 0 N–H and O–H groups in total. The third kappa shape index (κ3) is 10.8. The summed E-state index contributed by atoms with van der Waals surface area (Å²) in [5.74, 6) is 0.906. The second-order valence-corrected chi connectivity index (χ2v) is 5.60. The van der Waals surface area contributed by atoms with Gasteiger partial charge < -0.3 is 0 Å². The number of hydrogen-bond acceptors (Lipinski definition) is 0. The molecule has 0 heterocycles. The molecule has 0 heteroatoms. The molecule has 0 aliphatic rings. The topological polar surface area (TPSA) is 0 Å². The van der Waals surface area contributed by atoms with Crippen molar-refractivity contribution < 1.29 is 0 Å². The van der Waals surface area contributed by atoms with Gasteiger partial charge in [-0.2, -0.15) is 0 Å². The molecule has 1 unspecified atom stereocenters. The highest BCUT2D eigenvalue weighted by molar-refractivity contribution is 5.15. The van der Waals surface area contributed by atoms with Crippen molar-refractivity contribution in [1.29, 1.82) is 0 Å². The van der Waals surface area contributed by atoms with Crippen LogP contribution in [-0.4, -0.2) is 0 Å². The molecule has 0 fully saturated rings. The lowest BCUT2D eigenvalue weighted by atomic mass is 9.89. The van der Waals surface area contributed by atoms with Crippen LogP contribution >= 0.6 is 0 Å². The molecule has 0 radical (unpaired) electrons. The number of rotatable bonds is 9. The number of hydrogen-bond donors (Lipinski definition) is 0. The highest BCUT2D eigenvalue weighted by atomic mass is 14.1. The van der Waals surface area contributed by atoms with E-state index in [1.54, 1.807) is 6.08 Å². The van der Waals surface area contributed by atoms with Crippen LogP contribution in [0.25, 0.3) is 0 Å². The number of unbranched alkanes of at least 4 members (excludes halogenated alkanes) is 3. The van der Waals surface area contributed by atoms with E-state index in [9.17, 15) is 0 Å². The van der Waals surface area contributed by atoms with E-state index in [-0.39, 0.29) is 0 Å². The molecule has 0 nitrogen and oxygen atoms in total. The van der Waals surface area contributed by atoms with E-state index in [0.29, 0.717) is 0 Å². The van der Waals surface area contributed by atoms with E-state index in [4.69, 9.17) is 0 Å². The Morgan fingerprint density at radius 1 is 0.950 bits per heavy atom. The van der Waals surface area contributed by atoms with Crippen molar-refractivity contribution in [3.8, 4) is 0 Å². The summed E-state index contributed by atoms with van der Waals surface area (Å²) in [5, 5.41) is 0. The molecular weight excluding hydrogens is 240 g/mol. The maximum atomic E-state index is 3.36. The van der Waals surface area contributed by atoms with Crippen LogP contribution in [0.4, 0.5) is 0 Å². The van der Waals surface area contributed by atoms with Gasteiger partial charge >= 0.3 is 0 Å². The minimum absolute atomic E-state index is 0.906. The van der Waals surface area contributed by atoms with E-state index in [2.05, 4.69) is 50.8 Å². The maximum absolute atomic E-state index is 3.36. The van der Waals surface area contributed by atoms with E-state index in [1.807, 2.05) is 6.92 Å². The van der Waals surface area contributed by atoms with Crippen LogP contribution in [0.1, 0.15) is 71.3 Å². The normalized spacial score (nSPS) is 11.3. The van der Waals surface area contributed by atoms with Crippen LogP contribution in [0, 0.1) is 5.92 Å². The Balaban J connectivity index is 0.00000110. The van der Waals surface area contributed by atoms with Crippen molar-refractivity contribution in [3.63, 3.8) is 0 Å². The Morgan fingerprint density at radius 3 is 2.05 bits per heavy atom. The molecule has 0 aliphatic carbocycles. The summed E-state index contributed by atoms with van der Waals surface area (Å²) in [5.41, 5.74) is 1.52. The third-order valence-corrected chi connectivity index (χ3v) is 3.55. The fourth-order valence-corrected chi connectivity index (χ4v) is 2.47. The fraction of sp³-hybridized carbons (Fsp3) is 0.600. The summed E-state index contributed by atoms with van der Waals surface area (Å²) in [7, 11) is 0. The first-order valence-corrected chi connectivity index (χ1v) is 8.39. The lowest BCUT2D eigenvalue weighted by Gasteiger charge is -2.16. The van der Waals surface area contributed by atoms with E-state index in [0.717, 1.165) is 5.92 Å². The Bertz CT molecular complexity index is 299. The van der Waals surface area contributed by atoms with Crippen molar-refractivity contribution in [1.82, 2.24) is 0 Å². The van der Waals surface area contributed by atoms with Gasteiger partial charge in [-0.1, -0.05) is 95.2 Å². The molecule has 0 aromatic heterocycles. The van der Waals surface area contributed by atoms with Gasteiger partial charge in [-0.3, -0.25) is 0 Å². The Kier molecular flexibility index (Phi) is 13.6. The molecule has 0 bridgehead atoms. The van der Waals surface area contributed by atoms with Gasteiger partial charge in [-0.05, 0) is 24.8 Å². The fourth-order valence-electron chi connectivity index (χ4n) is 2.47. The molecule has 0 aliphatic heterocycles. The summed E-state index contributed by atoms with van der Waals surface area (Å²) in [4.78, 5) is 0. The summed E-state index contributed by atoms with van der Waals surface area (Å²) >= 11 is 0. The molecule has 1 aromatic carbocycles. The minimum Gasteiger partial charge on any atom is -0.103 e. The first-order chi connectivity index (χ1) is 9.78. The SMILES string of the molecule is C=CC.CCCCCC(CCCC)Cc1ccccc1.